The first-order chi connectivity index (χ1) is 10.6. The van der Waals surface area contributed by atoms with Crippen molar-refractivity contribution in [1.82, 2.24) is 4.90 Å². The van der Waals surface area contributed by atoms with Gasteiger partial charge in [0.05, 0.1) is 0 Å². The molecule has 0 spiro atoms. The molecule has 22 heavy (non-hydrogen) atoms. The summed E-state index contributed by atoms with van der Waals surface area (Å²) in [5.74, 6) is -0.0826. The van der Waals surface area contributed by atoms with E-state index in [0.29, 0.717) is 24.6 Å². The summed E-state index contributed by atoms with van der Waals surface area (Å²) in [5, 5.41) is 11.1. The van der Waals surface area contributed by atoms with E-state index in [-0.39, 0.29) is 0 Å². The molecule has 0 aromatic heterocycles. The number of carbonyl (C=O) groups is 2. The van der Waals surface area contributed by atoms with Crippen LogP contribution in [0.15, 0.2) is 36.4 Å². The Labute approximate surface area is 128 Å². The SMILES string of the molecule is NC(=O)c1ccc2c(C3CCN(C(=O)O)CC3)cccc2c1. The highest BCUT2D eigenvalue weighted by Crippen LogP contribution is 2.33. The number of piperidine rings is 1. The van der Waals surface area contributed by atoms with Gasteiger partial charge in [-0.2, -0.15) is 0 Å². The lowest BCUT2D eigenvalue weighted by molar-refractivity contribution is 0.1000. The van der Waals surface area contributed by atoms with E-state index in [9.17, 15) is 9.59 Å². The number of carbonyl (C=O) groups excluding carboxylic acids is 1. The molecule has 1 fully saturated rings. The second kappa shape index (κ2) is 5.67. The van der Waals surface area contributed by atoms with Gasteiger partial charge < -0.3 is 15.7 Å². The number of amides is 2. The van der Waals surface area contributed by atoms with Crippen molar-refractivity contribution in [3.63, 3.8) is 0 Å². The Hall–Kier alpha value is -2.56. The lowest BCUT2D eigenvalue weighted by Crippen LogP contribution is -2.36. The molecule has 3 rings (SSSR count). The summed E-state index contributed by atoms with van der Waals surface area (Å²) in [6.07, 6.45) is 0.800. The maximum absolute atomic E-state index is 11.3. The predicted octanol–water partition coefficient (Wildman–Crippen LogP) is 2.80. The molecule has 1 aliphatic heterocycles. The van der Waals surface area contributed by atoms with Crippen LogP contribution in [0.5, 0.6) is 0 Å². The number of nitrogens with zero attached hydrogens (tertiary/aromatic N) is 1. The Morgan fingerprint density at radius 1 is 1.14 bits per heavy atom. The van der Waals surface area contributed by atoms with Crippen molar-refractivity contribution < 1.29 is 14.7 Å². The van der Waals surface area contributed by atoms with Gasteiger partial charge in [-0.05, 0) is 47.2 Å². The molecule has 1 saturated heterocycles. The van der Waals surface area contributed by atoms with Crippen LogP contribution in [0.3, 0.4) is 0 Å². The number of primary amides is 1. The lowest BCUT2D eigenvalue weighted by Gasteiger charge is -2.30. The Kier molecular flexibility index (Phi) is 3.71. The molecule has 1 heterocycles. The van der Waals surface area contributed by atoms with Gasteiger partial charge in [-0.1, -0.05) is 24.3 Å². The number of carboxylic acid groups (broad SMARTS) is 1. The van der Waals surface area contributed by atoms with Gasteiger partial charge in [0.1, 0.15) is 0 Å². The molecule has 0 unspecified atom stereocenters. The Morgan fingerprint density at radius 3 is 2.50 bits per heavy atom. The minimum atomic E-state index is -0.845. The molecule has 2 aromatic rings. The molecule has 0 radical (unpaired) electrons. The standard InChI is InChI=1S/C17H18N2O3/c18-16(20)13-4-5-15-12(10-13)2-1-3-14(15)11-6-8-19(9-7-11)17(21)22/h1-5,10-11H,6-9H2,(H2,18,20)(H,21,22). The monoisotopic (exact) mass is 298 g/mol. The fourth-order valence-corrected chi connectivity index (χ4v) is 3.20. The molecule has 2 aromatic carbocycles. The minimum absolute atomic E-state index is 0.346. The second-order valence-electron chi connectivity index (χ2n) is 5.69. The van der Waals surface area contributed by atoms with Crippen LogP contribution in [-0.2, 0) is 0 Å². The van der Waals surface area contributed by atoms with Crippen LogP contribution < -0.4 is 5.73 Å². The molecule has 0 aliphatic carbocycles. The van der Waals surface area contributed by atoms with Crippen molar-refractivity contribution in [2.75, 3.05) is 13.1 Å². The summed E-state index contributed by atoms with van der Waals surface area (Å²) >= 11 is 0. The predicted molar refractivity (Wildman–Crippen MR) is 84.0 cm³/mol. The van der Waals surface area contributed by atoms with Crippen LogP contribution in [-0.4, -0.2) is 35.1 Å². The number of hydrogen-bond acceptors (Lipinski definition) is 2. The maximum Gasteiger partial charge on any atom is 0.407 e. The van der Waals surface area contributed by atoms with Crippen molar-refractivity contribution in [1.29, 1.82) is 0 Å². The van der Waals surface area contributed by atoms with Gasteiger partial charge in [-0.15, -0.1) is 0 Å². The molecule has 3 N–H and O–H groups in total. The Bertz CT molecular complexity index is 734. The van der Waals surface area contributed by atoms with Crippen LogP contribution in [0.25, 0.3) is 10.8 Å². The molecule has 0 atom stereocenters. The molecular formula is C17H18N2O3. The van der Waals surface area contributed by atoms with Crippen molar-refractivity contribution >= 4 is 22.8 Å². The number of fused-ring (bicyclic) bond motifs is 1. The molecular weight excluding hydrogens is 280 g/mol. The molecule has 114 valence electrons. The first-order valence-electron chi connectivity index (χ1n) is 7.36. The van der Waals surface area contributed by atoms with Crippen LogP contribution in [0.2, 0.25) is 0 Å². The summed E-state index contributed by atoms with van der Waals surface area (Å²) in [4.78, 5) is 23.8. The average Bonchev–Trinajstić information content (AvgIpc) is 2.53. The number of hydrogen-bond donors (Lipinski definition) is 2. The van der Waals surface area contributed by atoms with E-state index in [0.717, 1.165) is 23.6 Å². The third-order valence-electron chi connectivity index (χ3n) is 4.40. The van der Waals surface area contributed by atoms with Crippen LogP contribution in [0.4, 0.5) is 4.79 Å². The second-order valence-corrected chi connectivity index (χ2v) is 5.69. The molecule has 2 amide bonds. The van der Waals surface area contributed by atoms with Gasteiger partial charge in [-0.25, -0.2) is 4.79 Å². The molecule has 5 heteroatoms. The van der Waals surface area contributed by atoms with Gasteiger partial charge >= 0.3 is 6.09 Å². The summed E-state index contributed by atoms with van der Waals surface area (Å²) in [6, 6.07) is 11.5. The zero-order valence-electron chi connectivity index (χ0n) is 12.2. The zero-order valence-corrected chi connectivity index (χ0v) is 12.2. The Balaban J connectivity index is 1.91. The molecule has 0 bridgehead atoms. The normalized spacial score (nSPS) is 15.9. The van der Waals surface area contributed by atoms with Gasteiger partial charge in [0, 0.05) is 18.7 Å². The third-order valence-corrected chi connectivity index (χ3v) is 4.40. The van der Waals surface area contributed by atoms with Gasteiger partial charge in [0.15, 0.2) is 0 Å². The average molecular weight is 298 g/mol. The fraction of sp³-hybridized carbons (Fsp3) is 0.294. The summed E-state index contributed by atoms with van der Waals surface area (Å²) in [6.45, 7) is 1.13. The van der Waals surface area contributed by atoms with Gasteiger partial charge in [-0.3, -0.25) is 4.79 Å². The van der Waals surface area contributed by atoms with Crippen LogP contribution >= 0.6 is 0 Å². The number of nitrogens with two attached hydrogens (primary N) is 1. The first kappa shape index (κ1) is 14.4. The quantitative estimate of drug-likeness (QED) is 0.894. The van der Waals surface area contributed by atoms with Crippen molar-refractivity contribution in [2.45, 2.75) is 18.8 Å². The van der Waals surface area contributed by atoms with E-state index >= 15 is 0 Å². The molecule has 1 aliphatic rings. The highest BCUT2D eigenvalue weighted by molar-refractivity contribution is 5.98. The van der Waals surface area contributed by atoms with E-state index in [2.05, 4.69) is 6.07 Å². The van der Waals surface area contributed by atoms with E-state index in [1.807, 2.05) is 24.3 Å². The van der Waals surface area contributed by atoms with Crippen molar-refractivity contribution in [3.05, 3.63) is 47.5 Å². The van der Waals surface area contributed by atoms with Crippen LogP contribution in [0, 0.1) is 0 Å². The Morgan fingerprint density at radius 2 is 1.86 bits per heavy atom. The smallest absolute Gasteiger partial charge is 0.407 e. The van der Waals surface area contributed by atoms with Crippen molar-refractivity contribution in [2.24, 2.45) is 5.73 Å². The van der Waals surface area contributed by atoms with Gasteiger partial charge in [0.25, 0.3) is 0 Å². The topological polar surface area (TPSA) is 83.6 Å². The number of rotatable bonds is 2. The van der Waals surface area contributed by atoms with E-state index in [1.165, 1.54) is 10.5 Å². The molecule has 0 saturated carbocycles. The minimum Gasteiger partial charge on any atom is -0.465 e. The summed E-state index contributed by atoms with van der Waals surface area (Å²) in [5.41, 5.74) is 7.06. The van der Waals surface area contributed by atoms with Gasteiger partial charge in [0.2, 0.25) is 5.91 Å². The summed E-state index contributed by atoms with van der Waals surface area (Å²) in [7, 11) is 0. The highest BCUT2D eigenvalue weighted by Gasteiger charge is 2.24. The summed E-state index contributed by atoms with van der Waals surface area (Å²) < 4.78 is 0. The third kappa shape index (κ3) is 2.62. The largest absolute Gasteiger partial charge is 0.465 e. The first-order valence-corrected chi connectivity index (χ1v) is 7.36. The fourth-order valence-electron chi connectivity index (χ4n) is 3.20. The van der Waals surface area contributed by atoms with Crippen LogP contribution in [0.1, 0.15) is 34.7 Å². The van der Waals surface area contributed by atoms with E-state index in [1.54, 1.807) is 6.07 Å². The van der Waals surface area contributed by atoms with Crippen molar-refractivity contribution in [3.8, 4) is 0 Å². The number of benzene rings is 2. The highest BCUT2D eigenvalue weighted by atomic mass is 16.4. The lowest BCUT2D eigenvalue weighted by atomic mass is 9.86. The molecule has 5 nitrogen and oxygen atoms in total. The van der Waals surface area contributed by atoms with E-state index < -0.39 is 12.0 Å². The zero-order chi connectivity index (χ0) is 15.7. The number of likely N-dealkylation sites (tertiary alicyclic amines) is 1. The maximum atomic E-state index is 11.3. The van der Waals surface area contributed by atoms with E-state index in [4.69, 9.17) is 10.8 Å².